The number of carbonyl (C=O) groups is 3. The SMILES string of the molecule is CCCCCCCCCC(=O)OC[C@@H](COC(=O)CCCCCCCCCCCCCCCCCCCCC(C)C)OC(=O)CCCCCCCCC(C)CC. The fraction of sp³-hybridized carbons (Fsp3) is 0.940. The quantitative estimate of drug-likeness (QED) is 0.0347. The number of hydrogen-bond acceptors (Lipinski definition) is 6. The summed E-state index contributed by atoms with van der Waals surface area (Å²) in [4.78, 5) is 37.6. The Kier molecular flexibility index (Phi) is 41.8. The van der Waals surface area contributed by atoms with E-state index < -0.39 is 6.10 Å². The normalized spacial score (nSPS) is 12.5. The van der Waals surface area contributed by atoms with Crippen LogP contribution in [0.25, 0.3) is 0 Å². The van der Waals surface area contributed by atoms with Crippen molar-refractivity contribution in [3.8, 4) is 0 Å². The highest BCUT2D eigenvalue weighted by atomic mass is 16.6. The minimum atomic E-state index is -0.760. The van der Waals surface area contributed by atoms with Crippen molar-refractivity contribution in [2.24, 2.45) is 11.8 Å². The smallest absolute Gasteiger partial charge is 0.306 e. The van der Waals surface area contributed by atoms with E-state index in [1.165, 1.54) is 161 Å². The molecular weight excluding hydrogens is 697 g/mol. The first-order valence-electron chi connectivity index (χ1n) is 24.8. The van der Waals surface area contributed by atoms with Gasteiger partial charge in [-0.1, -0.05) is 234 Å². The first-order valence-corrected chi connectivity index (χ1v) is 24.8. The van der Waals surface area contributed by atoms with Crippen LogP contribution >= 0.6 is 0 Å². The molecule has 0 amide bonds. The van der Waals surface area contributed by atoms with E-state index in [9.17, 15) is 14.4 Å². The Morgan fingerprint density at radius 1 is 0.375 bits per heavy atom. The average molecular weight is 793 g/mol. The first kappa shape index (κ1) is 54.4. The van der Waals surface area contributed by atoms with Gasteiger partial charge in [0, 0.05) is 19.3 Å². The van der Waals surface area contributed by atoms with E-state index in [4.69, 9.17) is 14.2 Å². The van der Waals surface area contributed by atoms with Gasteiger partial charge in [-0.25, -0.2) is 0 Å². The lowest BCUT2D eigenvalue weighted by Crippen LogP contribution is -2.30. The molecule has 1 unspecified atom stereocenters. The molecule has 0 aromatic heterocycles. The lowest BCUT2D eigenvalue weighted by molar-refractivity contribution is -0.167. The van der Waals surface area contributed by atoms with Gasteiger partial charge in [0.1, 0.15) is 13.2 Å². The van der Waals surface area contributed by atoms with Crippen molar-refractivity contribution in [3.05, 3.63) is 0 Å². The van der Waals surface area contributed by atoms with E-state index in [2.05, 4.69) is 34.6 Å². The lowest BCUT2D eigenvalue weighted by Gasteiger charge is -2.18. The van der Waals surface area contributed by atoms with Gasteiger partial charge in [0.15, 0.2) is 6.10 Å². The molecule has 0 bridgehead atoms. The van der Waals surface area contributed by atoms with Crippen molar-refractivity contribution in [2.45, 2.75) is 278 Å². The lowest BCUT2D eigenvalue weighted by atomic mass is 10.00. The van der Waals surface area contributed by atoms with Crippen molar-refractivity contribution in [1.82, 2.24) is 0 Å². The van der Waals surface area contributed by atoms with Crippen molar-refractivity contribution >= 4 is 17.9 Å². The van der Waals surface area contributed by atoms with Crippen molar-refractivity contribution in [2.75, 3.05) is 13.2 Å². The molecule has 2 atom stereocenters. The van der Waals surface area contributed by atoms with Gasteiger partial charge < -0.3 is 14.2 Å². The van der Waals surface area contributed by atoms with Crippen LogP contribution in [-0.4, -0.2) is 37.2 Å². The van der Waals surface area contributed by atoms with Crippen LogP contribution in [0.5, 0.6) is 0 Å². The van der Waals surface area contributed by atoms with Crippen LogP contribution in [-0.2, 0) is 28.6 Å². The molecule has 0 N–H and O–H groups in total. The molecule has 0 saturated carbocycles. The van der Waals surface area contributed by atoms with Gasteiger partial charge in [-0.05, 0) is 31.1 Å². The highest BCUT2D eigenvalue weighted by Gasteiger charge is 2.19. The molecule has 0 fully saturated rings. The Labute approximate surface area is 348 Å². The third-order valence-electron chi connectivity index (χ3n) is 11.6. The molecule has 332 valence electrons. The van der Waals surface area contributed by atoms with E-state index in [1.54, 1.807) is 0 Å². The van der Waals surface area contributed by atoms with Gasteiger partial charge in [-0.15, -0.1) is 0 Å². The first-order chi connectivity index (χ1) is 27.3. The number of ether oxygens (including phenoxy) is 3. The topological polar surface area (TPSA) is 78.9 Å². The number of esters is 3. The fourth-order valence-corrected chi connectivity index (χ4v) is 7.43. The highest BCUT2D eigenvalue weighted by Crippen LogP contribution is 2.17. The Bertz CT molecular complexity index is 856. The van der Waals surface area contributed by atoms with Crippen LogP contribution in [0.1, 0.15) is 272 Å². The van der Waals surface area contributed by atoms with Crippen LogP contribution in [0.15, 0.2) is 0 Å². The van der Waals surface area contributed by atoms with Gasteiger partial charge in [0.25, 0.3) is 0 Å². The summed E-state index contributed by atoms with van der Waals surface area (Å²) in [6, 6.07) is 0. The molecule has 6 nitrogen and oxygen atoms in total. The third kappa shape index (κ3) is 42.0. The molecule has 0 aliphatic heterocycles. The van der Waals surface area contributed by atoms with Crippen LogP contribution in [0.2, 0.25) is 0 Å². The predicted molar refractivity (Wildman–Crippen MR) is 238 cm³/mol. The van der Waals surface area contributed by atoms with Crippen LogP contribution in [0.3, 0.4) is 0 Å². The molecule has 0 aliphatic rings. The standard InChI is InChI=1S/C50H96O6/c1-6-8-9-10-23-30-35-40-48(51)54-43-47(56-50(53)42-37-32-27-26-29-34-39-46(5)7-2)44-55-49(52)41-36-31-25-22-20-18-16-14-12-11-13-15-17-19-21-24-28-33-38-45(3)4/h45-47H,6-44H2,1-5H3/t46?,47-/m0/s1. The van der Waals surface area contributed by atoms with Gasteiger partial charge in [-0.3, -0.25) is 14.4 Å². The molecule has 0 saturated heterocycles. The van der Waals surface area contributed by atoms with Gasteiger partial charge in [-0.2, -0.15) is 0 Å². The minimum absolute atomic E-state index is 0.0653. The molecule has 0 aromatic carbocycles. The molecule has 0 spiro atoms. The summed E-state index contributed by atoms with van der Waals surface area (Å²) in [6.07, 6.45) is 42.6. The number of carbonyl (C=O) groups excluding carboxylic acids is 3. The van der Waals surface area contributed by atoms with E-state index in [0.717, 1.165) is 69.6 Å². The Morgan fingerprint density at radius 3 is 1.02 bits per heavy atom. The summed E-state index contributed by atoms with van der Waals surface area (Å²) in [5, 5.41) is 0. The second kappa shape index (κ2) is 43.0. The molecule has 0 aliphatic carbocycles. The summed E-state index contributed by atoms with van der Waals surface area (Å²) in [5.74, 6) is 0.807. The van der Waals surface area contributed by atoms with Gasteiger partial charge in [0.05, 0.1) is 0 Å². The van der Waals surface area contributed by atoms with Crippen LogP contribution in [0.4, 0.5) is 0 Å². The maximum atomic E-state index is 12.7. The minimum Gasteiger partial charge on any atom is -0.462 e. The number of unbranched alkanes of at least 4 members (excludes halogenated alkanes) is 28. The number of hydrogen-bond donors (Lipinski definition) is 0. The van der Waals surface area contributed by atoms with E-state index in [1.807, 2.05) is 0 Å². The maximum absolute atomic E-state index is 12.7. The number of rotatable bonds is 44. The molecular formula is C50H96O6. The van der Waals surface area contributed by atoms with Crippen molar-refractivity contribution < 1.29 is 28.6 Å². The van der Waals surface area contributed by atoms with Crippen LogP contribution in [0, 0.1) is 11.8 Å². The molecule has 0 rings (SSSR count). The maximum Gasteiger partial charge on any atom is 0.306 e. The highest BCUT2D eigenvalue weighted by molar-refractivity contribution is 5.71. The zero-order chi connectivity index (χ0) is 41.2. The van der Waals surface area contributed by atoms with E-state index in [0.29, 0.717) is 19.3 Å². The average Bonchev–Trinajstić information content (AvgIpc) is 3.18. The Balaban J connectivity index is 4.11. The monoisotopic (exact) mass is 793 g/mol. The zero-order valence-corrected chi connectivity index (χ0v) is 38.3. The predicted octanol–water partition coefficient (Wildman–Crippen LogP) is 15.8. The van der Waals surface area contributed by atoms with E-state index in [-0.39, 0.29) is 31.1 Å². The van der Waals surface area contributed by atoms with Crippen molar-refractivity contribution in [1.29, 1.82) is 0 Å². The second-order valence-electron chi connectivity index (χ2n) is 17.8. The summed E-state index contributed by atoms with van der Waals surface area (Å²) < 4.78 is 16.7. The fourth-order valence-electron chi connectivity index (χ4n) is 7.43. The molecule has 6 heteroatoms. The van der Waals surface area contributed by atoms with Gasteiger partial charge >= 0.3 is 17.9 Å². The second-order valence-corrected chi connectivity index (χ2v) is 17.8. The summed E-state index contributed by atoms with van der Waals surface area (Å²) in [7, 11) is 0. The van der Waals surface area contributed by atoms with E-state index >= 15 is 0 Å². The molecule has 0 radical (unpaired) electrons. The summed E-state index contributed by atoms with van der Waals surface area (Å²) in [6.45, 7) is 11.3. The zero-order valence-electron chi connectivity index (χ0n) is 38.3. The van der Waals surface area contributed by atoms with Crippen molar-refractivity contribution in [3.63, 3.8) is 0 Å². The molecule has 0 aromatic rings. The summed E-state index contributed by atoms with van der Waals surface area (Å²) in [5.41, 5.74) is 0. The summed E-state index contributed by atoms with van der Waals surface area (Å²) >= 11 is 0. The Hall–Kier alpha value is -1.59. The van der Waals surface area contributed by atoms with Crippen LogP contribution < -0.4 is 0 Å². The third-order valence-corrected chi connectivity index (χ3v) is 11.6. The Morgan fingerprint density at radius 2 is 0.679 bits per heavy atom. The molecule has 56 heavy (non-hydrogen) atoms. The van der Waals surface area contributed by atoms with Gasteiger partial charge in [0.2, 0.25) is 0 Å². The largest absolute Gasteiger partial charge is 0.462 e. The molecule has 0 heterocycles.